The van der Waals surface area contributed by atoms with Crippen LogP contribution in [0.3, 0.4) is 0 Å². The summed E-state index contributed by atoms with van der Waals surface area (Å²) in [5.74, 6) is 0.360. The summed E-state index contributed by atoms with van der Waals surface area (Å²) >= 11 is 0. The molecule has 0 spiro atoms. The zero-order chi connectivity index (χ0) is 58.5. The summed E-state index contributed by atoms with van der Waals surface area (Å²) in [5, 5.41) is 2.32. The standard InChI is InChI=1S/C68H38F12N4/c69-65(70,71)46-29-44(30-47(36-46)66(72,73)74)41-23-26-61-53(33-41)50-17-7-10-20-58(50)83(61)59-21-11-9-19-52(59)55-35-43(64-81-56(39-13-3-1-4-14-39)38-57(82-64)40-15-5-2-6-16-40)25-28-63(55)84-60-22-12-8-18-51(60)54-34-42(24-27-62(54)84)45-31-48(67(75,76)77)37-49(32-45)68(78,79)80/h1-38H. The SMILES string of the molecule is FC(F)(F)c1cc(-c2ccc3c(c2)c2ccccc2n3-c2ccccc2-c2cc(-c3nc(-c4ccccc4)cc(-c4ccccc4)n3)ccc2-n2c3ccccc3c3cc(-c4cc(C(F)(F)F)cc(C(F)(F)F)c4)ccc32)cc(C(F)(F)F)c1. The summed E-state index contributed by atoms with van der Waals surface area (Å²) in [7, 11) is 0. The fraction of sp³-hybridized carbons (Fsp3) is 0.0588. The van der Waals surface area contributed by atoms with Crippen LogP contribution >= 0.6 is 0 Å². The van der Waals surface area contributed by atoms with Crippen LogP contribution in [0.25, 0.3) is 122 Å². The Morgan fingerprint density at radius 3 is 1.06 bits per heavy atom. The second kappa shape index (κ2) is 19.9. The number of halogens is 12. The van der Waals surface area contributed by atoms with E-state index in [-0.39, 0.29) is 34.4 Å². The molecule has 84 heavy (non-hydrogen) atoms. The number of fused-ring (bicyclic) bond motifs is 6. The van der Waals surface area contributed by atoms with Crippen LogP contribution in [0, 0.1) is 0 Å². The number of benzene rings is 10. The van der Waals surface area contributed by atoms with Gasteiger partial charge in [0.05, 0.1) is 67.1 Å². The fourth-order valence-corrected chi connectivity index (χ4v) is 11.1. The van der Waals surface area contributed by atoms with Crippen LogP contribution < -0.4 is 0 Å². The first-order valence-electron chi connectivity index (χ1n) is 26.1. The van der Waals surface area contributed by atoms with E-state index in [0.29, 0.717) is 113 Å². The van der Waals surface area contributed by atoms with E-state index in [4.69, 9.17) is 9.97 Å². The molecule has 0 bridgehead atoms. The Balaban J connectivity index is 1.07. The fourth-order valence-electron chi connectivity index (χ4n) is 11.1. The molecular formula is C68H38F12N4. The number of para-hydroxylation sites is 3. The van der Waals surface area contributed by atoms with Crippen molar-refractivity contribution >= 4 is 43.6 Å². The molecule has 10 aromatic carbocycles. The van der Waals surface area contributed by atoms with Crippen molar-refractivity contribution in [3.05, 3.63) is 253 Å². The number of rotatable bonds is 8. The van der Waals surface area contributed by atoms with Crippen LogP contribution in [0.1, 0.15) is 22.3 Å². The molecule has 0 radical (unpaired) electrons. The molecule has 0 saturated carbocycles. The summed E-state index contributed by atoms with van der Waals surface area (Å²) in [6, 6.07) is 61.2. The van der Waals surface area contributed by atoms with Crippen molar-refractivity contribution in [3.8, 4) is 78.7 Å². The maximum Gasteiger partial charge on any atom is 0.416 e. The summed E-state index contributed by atoms with van der Waals surface area (Å²) in [6.07, 6.45) is -20.3. The summed E-state index contributed by atoms with van der Waals surface area (Å²) < 4.78 is 174. The van der Waals surface area contributed by atoms with E-state index >= 15 is 0 Å². The first-order valence-corrected chi connectivity index (χ1v) is 26.1. The van der Waals surface area contributed by atoms with Crippen LogP contribution in [0.2, 0.25) is 0 Å². The van der Waals surface area contributed by atoms with E-state index in [1.54, 1.807) is 36.4 Å². The number of aromatic nitrogens is 4. The molecule has 0 saturated heterocycles. The van der Waals surface area contributed by atoms with E-state index < -0.39 is 47.0 Å². The third-order valence-electron chi connectivity index (χ3n) is 15.0. The molecule has 4 nitrogen and oxygen atoms in total. The molecule has 16 heteroatoms. The van der Waals surface area contributed by atoms with Gasteiger partial charge in [0.1, 0.15) is 0 Å². The molecule has 0 unspecified atom stereocenters. The zero-order valence-electron chi connectivity index (χ0n) is 43.3. The molecular weight excluding hydrogens is 1100 g/mol. The van der Waals surface area contributed by atoms with Crippen LogP contribution in [0.5, 0.6) is 0 Å². The minimum atomic E-state index is -5.08. The van der Waals surface area contributed by atoms with Gasteiger partial charge < -0.3 is 9.13 Å². The maximum atomic E-state index is 14.2. The topological polar surface area (TPSA) is 35.6 Å². The zero-order valence-corrected chi connectivity index (χ0v) is 43.3. The molecule has 13 rings (SSSR count). The van der Waals surface area contributed by atoms with Gasteiger partial charge in [-0.2, -0.15) is 52.7 Å². The lowest BCUT2D eigenvalue weighted by atomic mass is 9.97. The average molecular weight is 1140 g/mol. The van der Waals surface area contributed by atoms with Gasteiger partial charge in [0.25, 0.3) is 0 Å². The summed E-state index contributed by atoms with van der Waals surface area (Å²) in [6.45, 7) is 0. The molecule has 0 aliphatic rings. The van der Waals surface area contributed by atoms with Crippen LogP contribution in [-0.2, 0) is 24.7 Å². The molecule has 0 aliphatic heterocycles. The van der Waals surface area contributed by atoms with Crippen molar-refractivity contribution in [1.82, 2.24) is 19.1 Å². The molecule has 0 atom stereocenters. The van der Waals surface area contributed by atoms with Gasteiger partial charge in [-0.05, 0) is 125 Å². The van der Waals surface area contributed by atoms with Crippen LogP contribution in [0.4, 0.5) is 52.7 Å². The van der Waals surface area contributed by atoms with E-state index in [1.165, 1.54) is 12.1 Å². The Labute approximate surface area is 469 Å². The molecule has 3 aromatic heterocycles. The van der Waals surface area contributed by atoms with Gasteiger partial charge in [-0.25, -0.2) is 9.97 Å². The Morgan fingerprint density at radius 2 is 0.619 bits per heavy atom. The van der Waals surface area contributed by atoms with Gasteiger partial charge in [-0.1, -0.05) is 127 Å². The van der Waals surface area contributed by atoms with Crippen LogP contribution in [-0.4, -0.2) is 19.1 Å². The molecule has 13 aromatic rings. The second-order valence-corrected chi connectivity index (χ2v) is 20.2. The Morgan fingerprint density at radius 1 is 0.250 bits per heavy atom. The van der Waals surface area contributed by atoms with Crippen molar-refractivity contribution in [1.29, 1.82) is 0 Å². The van der Waals surface area contributed by atoms with E-state index in [1.807, 2.05) is 155 Å². The summed E-state index contributed by atoms with van der Waals surface area (Å²) in [4.78, 5) is 10.3. The molecule has 0 N–H and O–H groups in total. The average Bonchev–Trinajstić information content (AvgIpc) is 2.13. The van der Waals surface area contributed by atoms with E-state index in [0.717, 1.165) is 11.1 Å². The van der Waals surface area contributed by atoms with Crippen LogP contribution in [0.15, 0.2) is 231 Å². The predicted octanol–water partition coefficient (Wildman–Crippen LogP) is 20.7. The summed E-state index contributed by atoms with van der Waals surface area (Å²) in [5.41, 5.74) is 2.16. The molecule has 0 fully saturated rings. The van der Waals surface area contributed by atoms with Gasteiger partial charge in [0.2, 0.25) is 0 Å². The maximum absolute atomic E-state index is 14.2. The largest absolute Gasteiger partial charge is 0.416 e. The van der Waals surface area contributed by atoms with Crippen molar-refractivity contribution in [2.24, 2.45) is 0 Å². The predicted molar refractivity (Wildman–Crippen MR) is 303 cm³/mol. The third kappa shape index (κ3) is 9.66. The number of hydrogen-bond acceptors (Lipinski definition) is 2. The van der Waals surface area contributed by atoms with Gasteiger partial charge in [0.15, 0.2) is 5.82 Å². The van der Waals surface area contributed by atoms with Gasteiger partial charge >= 0.3 is 24.7 Å². The minimum Gasteiger partial charge on any atom is -0.309 e. The Hall–Kier alpha value is -9.96. The van der Waals surface area contributed by atoms with Gasteiger partial charge in [-0.15, -0.1) is 0 Å². The third-order valence-corrected chi connectivity index (χ3v) is 15.0. The number of hydrogen-bond donors (Lipinski definition) is 0. The van der Waals surface area contributed by atoms with Crippen molar-refractivity contribution in [2.75, 3.05) is 0 Å². The van der Waals surface area contributed by atoms with Gasteiger partial charge in [-0.3, -0.25) is 0 Å². The first-order chi connectivity index (χ1) is 40.2. The highest BCUT2D eigenvalue weighted by atomic mass is 19.4. The normalized spacial score (nSPS) is 12.5. The lowest BCUT2D eigenvalue weighted by molar-refractivity contribution is -0.144. The number of alkyl halides is 12. The van der Waals surface area contributed by atoms with E-state index in [9.17, 15) is 52.7 Å². The second-order valence-electron chi connectivity index (χ2n) is 20.2. The minimum absolute atomic E-state index is 0.0930. The Bertz CT molecular complexity index is 4600. The smallest absolute Gasteiger partial charge is 0.309 e. The van der Waals surface area contributed by atoms with E-state index in [2.05, 4.69) is 0 Å². The lowest BCUT2D eigenvalue weighted by Crippen LogP contribution is -2.11. The molecule has 0 aliphatic carbocycles. The van der Waals surface area contributed by atoms with Gasteiger partial charge in [0, 0.05) is 49.4 Å². The first kappa shape index (κ1) is 53.4. The highest BCUT2D eigenvalue weighted by molar-refractivity contribution is 6.13. The highest BCUT2D eigenvalue weighted by Gasteiger charge is 2.39. The Kier molecular flexibility index (Phi) is 12.6. The van der Waals surface area contributed by atoms with Crippen molar-refractivity contribution in [3.63, 3.8) is 0 Å². The van der Waals surface area contributed by atoms with Crippen molar-refractivity contribution in [2.45, 2.75) is 24.7 Å². The molecule has 414 valence electrons. The highest BCUT2D eigenvalue weighted by Crippen LogP contribution is 2.46. The van der Waals surface area contributed by atoms with Crippen molar-refractivity contribution < 1.29 is 52.7 Å². The lowest BCUT2D eigenvalue weighted by Gasteiger charge is -2.20. The number of nitrogens with zero attached hydrogens (tertiary/aromatic N) is 4. The monoisotopic (exact) mass is 1140 g/mol. The molecule has 3 heterocycles. The molecule has 0 amide bonds. The quantitative estimate of drug-likeness (QED) is 0.142.